The normalized spacial score (nSPS) is 18.5. The van der Waals surface area contributed by atoms with E-state index in [1.807, 2.05) is 0 Å². The maximum absolute atomic E-state index is 13.0. The maximum Gasteiger partial charge on any atom is 0.263 e. The molecule has 1 unspecified atom stereocenters. The Morgan fingerprint density at radius 1 is 1.14 bits per heavy atom. The molecule has 0 aliphatic carbocycles. The quantitative estimate of drug-likeness (QED) is 0.585. The lowest BCUT2D eigenvalue weighted by Crippen LogP contribution is -2.49. The van der Waals surface area contributed by atoms with Crippen LogP contribution in [0.2, 0.25) is 0 Å². The van der Waals surface area contributed by atoms with Gasteiger partial charge in [0.05, 0.1) is 16.3 Å². The van der Waals surface area contributed by atoms with Crippen LogP contribution < -0.4 is 4.72 Å². The van der Waals surface area contributed by atoms with E-state index >= 15 is 0 Å². The molecule has 2 aromatic rings. The number of amidine groups is 1. The number of nitrogens with zero attached hydrogens (tertiary/aromatic N) is 4. The fourth-order valence-corrected chi connectivity index (χ4v) is 5.70. The molecule has 1 saturated heterocycles. The molecule has 2 aliphatic heterocycles. The van der Waals surface area contributed by atoms with E-state index in [0.717, 1.165) is 61.4 Å². The summed E-state index contributed by atoms with van der Waals surface area (Å²) in [5.74, 6) is 1.16. The van der Waals surface area contributed by atoms with E-state index in [9.17, 15) is 18.0 Å². The van der Waals surface area contributed by atoms with E-state index in [1.165, 1.54) is 25.3 Å². The van der Waals surface area contributed by atoms with Crippen molar-refractivity contribution in [3.63, 3.8) is 0 Å². The molecule has 35 heavy (non-hydrogen) atoms. The molecule has 1 atom stereocenters. The predicted molar refractivity (Wildman–Crippen MR) is 138 cm³/mol. The number of piperazine rings is 1. The number of fused-ring (bicyclic) bond motifs is 1. The van der Waals surface area contributed by atoms with Crippen LogP contribution >= 0.6 is 11.8 Å². The number of nitrogens with one attached hydrogen (secondary N) is 1. The van der Waals surface area contributed by atoms with Gasteiger partial charge in [0, 0.05) is 50.8 Å². The average molecular weight is 516 g/mol. The first kappa shape index (κ1) is 25.3. The third-order valence-electron chi connectivity index (χ3n) is 6.12. The summed E-state index contributed by atoms with van der Waals surface area (Å²) in [7, 11) is -1.75. The van der Waals surface area contributed by atoms with E-state index < -0.39 is 10.0 Å². The van der Waals surface area contributed by atoms with Gasteiger partial charge in [-0.05, 0) is 49.4 Å². The second-order valence-corrected chi connectivity index (χ2v) is 11.7. The average Bonchev–Trinajstić information content (AvgIpc) is 2.82. The van der Waals surface area contributed by atoms with Crippen LogP contribution in [0.4, 0.5) is 11.5 Å². The van der Waals surface area contributed by atoms with Gasteiger partial charge >= 0.3 is 0 Å². The van der Waals surface area contributed by atoms with E-state index in [2.05, 4.69) is 33.5 Å². The lowest BCUT2D eigenvalue weighted by Gasteiger charge is -2.38. The Hall–Kier alpha value is -2.76. The molecule has 0 radical (unpaired) electrons. The van der Waals surface area contributed by atoms with Crippen molar-refractivity contribution < 1.29 is 18.0 Å². The van der Waals surface area contributed by atoms with Crippen LogP contribution in [0.5, 0.6) is 0 Å². The number of aliphatic imine (C=N–C) groups is 1. The molecule has 3 heterocycles. The molecular weight excluding hydrogens is 486 g/mol. The Labute approximate surface area is 210 Å². The number of anilines is 1. The first-order valence-electron chi connectivity index (χ1n) is 11.4. The summed E-state index contributed by atoms with van der Waals surface area (Å²) in [5.41, 5.74) is 2.02. The van der Waals surface area contributed by atoms with Gasteiger partial charge in [0.25, 0.3) is 10.0 Å². The summed E-state index contributed by atoms with van der Waals surface area (Å²) in [6, 6.07) is 7.93. The Balaban J connectivity index is 1.47. The summed E-state index contributed by atoms with van der Waals surface area (Å²) in [6.45, 7) is 7.41. The van der Waals surface area contributed by atoms with E-state index in [-0.39, 0.29) is 33.3 Å². The molecule has 186 valence electrons. The van der Waals surface area contributed by atoms with Crippen molar-refractivity contribution in [1.29, 1.82) is 0 Å². The van der Waals surface area contributed by atoms with Gasteiger partial charge in [0.1, 0.15) is 11.7 Å². The van der Waals surface area contributed by atoms with Gasteiger partial charge < -0.3 is 9.80 Å². The summed E-state index contributed by atoms with van der Waals surface area (Å²) >= 11 is 0.924. The summed E-state index contributed by atoms with van der Waals surface area (Å²) in [4.78, 5) is 36.9. The maximum atomic E-state index is 13.0. The Morgan fingerprint density at radius 2 is 1.89 bits per heavy atom. The third kappa shape index (κ3) is 6.09. The van der Waals surface area contributed by atoms with Crippen molar-refractivity contribution in [2.24, 2.45) is 10.9 Å². The van der Waals surface area contributed by atoms with Crippen molar-refractivity contribution in [1.82, 2.24) is 14.8 Å². The number of ketones is 1. The van der Waals surface area contributed by atoms with Gasteiger partial charge in [-0.15, -0.1) is 0 Å². The predicted octanol–water partition coefficient (Wildman–Crippen LogP) is 2.81. The number of benzene rings is 1. The number of likely N-dealkylation sites (N-methyl/N-ethyl adjacent to an activating group) is 1. The second kappa shape index (κ2) is 10.5. The van der Waals surface area contributed by atoms with Crippen LogP contribution in [0, 0.1) is 5.92 Å². The monoisotopic (exact) mass is 515 g/mol. The standard InChI is InChI=1S/C24H29N5O4S2/c1-16-12-19-13-20(5-6-21(19)26-24(16)29-10-8-28(3)9-11-29)35(32,33)27-23-7-4-18(14-25-23)22(31)15-34-17(2)30/h4-7,13-14,16H,8-12,15H2,1-3H3,(H,25,27). The summed E-state index contributed by atoms with van der Waals surface area (Å²) in [5, 5.41) is -0.142. The number of carbonyl (C=O) groups excluding carboxylic acids is 2. The second-order valence-electron chi connectivity index (χ2n) is 8.90. The smallest absolute Gasteiger partial charge is 0.263 e. The highest BCUT2D eigenvalue weighted by atomic mass is 32.2. The SMILES string of the molecule is CC(=O)SCC(=O)c1ccc(NS(=O)(=O)c2ccc3c(c2)CC(C)C(N2CCN(C)CC2)=N3)nc1. The van der Waals surface area contributed by atoms with Crippen molar-refractivity contribution in [2.45, 2.75) is 25.2 Å². The Morgan fingerprint density at radius 3 is 2.54 bits per heavy atom. The van der Waals surface area contributed by atoms with Crippen molar-refractivity contribution in [2.75, 3.05) is 43.7 Å². The van der Waals surface area contributed by atoms with Gasteiger partial charge in [0.2, 0.25) is 0 Å². The van der Waals surface area contributed by atoms with Gasteiger partial charge in [-0.1, -0.05) is 18.7 Å². The minimum atomic E-state index is -3.87. The highest BCUT2D eigenvalue weighted by Crippen LogP contribution is 2.32. The number of rotatable bonds is 6. The topological polar surface area (TPSA) is 112 Å². The number of hydrogen-bond acceptors (Lipinski definition) is 9. The molecule has 0 saturated carbocycles. The molecule has 1 aromatic carbocycles. The molecule has 1 N–H and O–H groups in total. The molecule has 9 nitrogen and oxygen atoms in total. The van der Waals surface area contributed by atoms with Gasteiger partial charge in [-0.2, -0.15) is 0 Å². The van der Waals surface area contributed by atoms with Crippen molar-refractivity contribution >= 4 is 50.0 Å². The molecule has 11 heteroatoms. The van der Waals surface area contributed by atoms with Crippen molar-refractivity contribution in [3.8, 4) is 0 Å². The zero-order valence-corrected chi connectivity index (χ0v) is 21.7. The number of pyridine rings is 1. The number of sulfonamides is 1. The number of thioether (sulfide) groups is 1. The van der Waals surface area contributed by atoms with Gasteiger partial charge in [0.15, 0.2) is 10.9 Å². The zero-order valence-electron chi connectivity index (χ0n) is 20.0. The molecule has 0 bridgehead atoms. The Bertz CT molecular complexity index is 1250. The van der Waals surface area contributed by atoms with Crippen LogP contribution in [0.25, 0.3) is 0 Å². The lowest BCUT2D eigenvalue weighted by atomic mass is 9.94. The third-order valence-corrected chi connectivity index (χ3v) is 8.29. The molecule has 4 rings (SSSR count). The fraction of sp³-hybridized carbons (Fsp3) is 0.417. The number of Topliss-reactive ketones (excluding diaryl/α,β-unsaturated/α-hetero) is 1. The van der Waals surface area contributed by atoms with Gasteiger partial charge in [-0.3, -0.25) is 14.3 Å². The van der Waals surface area contributed by atoms with E-state index in [0.29, 0.717) is 5.56 Å². The molecule has 0 spiro atoms. The van der Waals surface area contributed by atoms with E-state index in [4.69, 9.17) is 4.99 Å². The van der Waals surface area contributed by atoms with Crippen LogP contribution in [-0.2, 0) is 21.2 Å². The molecule has 2 aliphatic rings. The van der Waals surface area contributed by atoms with Crippen LogP contribution in [-0.4, -0.2) is 78.9 Å². The van der Waals surface area contributed by atoms with E-state index in [1.54, 1.807) is 18.2 Å². The zero-order chi connectivity index (χ0) is 25.2. The molecule has 0 amide bonds. The number of hydrogen-bond donors (Lipinski definition) is 1. The molecule has 1 aromatic heterocycles. The molecule has 1 fully saturated rings. The van der Waals surface area contributed by atoms with Crippen LogP contribution in [0.3, 0.4) is 0 Å². The van der Waals surface area contributed by atoms with Crippen LogP contribution in [0.1, 0.15) is 29.8 Å². The minimum Gasteiger partial charge on any atom is -0.357 e. The van der Waals surface area contributed by atoms with Crippen molar-refractivity contribution in [3.05, 3.63) is 47.7 Å². The first-order valence-corrected chi connectivity index (χ1v) is 13.9. The fourth-order valence-electron chi connectivity index (χ4n) is 4.14. The summed E-state index contributed by atoms with van der Waals surface area (Å²) in [6.07, 6.45) is 2.03. The highest BCUT2D eigenvalue weighted by molar-refractivity contribution is 8.14. The largest absolute Gasteiger partial charge is 0.357 e. The van der Waals surface area contributed by atoms with Gasteiger partial charge in [-0.25, -0.2) is 18.4 Å². The Kier molecular flexibility index (Phi) is 7.58. The first-order chi connectivity index (χ1) is 16.6. The summed E-state index contributed by atoms with van der Waals surface area (Å²) < 4.78 is 28.5. The number of aromatic nitrogens is 1. The highest BCUT2D eigenvalue weighted by Gasteiger charge is 2.27. The minimum absolute atomic E-state index is 0.0225. The molecular formula is C24H29N5O4S2. The van der Waals surface area contributed by atoms with Crippen LogP contribution in [0.15, 0.2) is 46.4 Å². The number of carbonyl (C=O) groups is 2. The lowest BCUT2D eigenvalue weighted by molar-refractivity contribution is -0.109.